The second-order valence-electron chi connectivity index (χ2n) is 2.87. The molecule has 3 nitrogen and oxygen atoms in total. The molecular weight excluding hydrogens is 246 g/mol. The predicted molar refractivity (Wildman–Crippen MR) is 57.3 cm³/mol. The average Bonchev–Trinajstić information content (AvgIpc) is 2.59. The molecule has 2 aromatic rings. The van der Waals surface area contributed by atoms with E-state index in [1.807, 2.05) is 18.2 Å². The normalized spacial score (nSPS) is 10.4. The van der Waals surface area contributed by atoms with Crippen LogP contribution in [0.2, 0.25) is 0 Å². The summed E-state index contributed by atoms with van der Waals surface area (Å²) >= 11 is 3.34. The highest BCUT2D eigenvalue weighted by Gasteiger charge is 2.09. The van der Waals surface area contributed by atoms with Gasteiger partial charge in [-0.3, -0.25) is 4.79 Å². The number of hydrogen-bond acceptors (Lipinski definition) is 2. The topological polar surface area (TPSA) is 42.2 Å². The van der Waals surface area contributed by atoms with E-state index in [0.29, 0.717) is 11.3 Å². The minimum atomic E-state index is -0.211. The maximum Gasteiger partial charge on any atom is 0.286 e. The Balaban J connectivity index is 2.56. The molecule has 14 heavy (non-hydrogen) atoms. The van der Waals surface area contributed by atoms with Crippen LogP contribution in [-0.4, -0.2) is 13.0 Å². The average molecular weight is 254 g/mol. The van der Waals surface area contributed by atoms with Crippen LogP contribution in [0.1, 0.15) is 10.6 Å². The van der Waals surface area contributed by atoms with Crippen LogP contribution < -0.4 is 5.32 Å². The number of benzene rings is 1. The fourth-order valence-electron chi connectivity index (χ4n) is 1.24. The van der Waals surface area contributed by atoms with Crippen molar-refractivity contribution >= 4 is 32.8 Å². The first kappa shape index (κ1) is 9.27. The minimum Gasteiger partial charge on any atom is -0.451 e. The predicted octanol–water partition coefficient (Wildman–Crippen LogP) is 2.55. The summed E-state index contributed by atoms with van der Waals surface area (Å²) in [5.74, 6) is 0.123. The van der Waals surface area contributed by atoms with E-state index in [1.165, 1.54) is 0 Å². The lowest BCUT2D eigenvalue weighted by Gasteiger charge is -1.91. The summed E-state index contributed by atoms with van der Waals surface area (Å²) in [7, 11) is 1.57. The van der Waals surface area contributed by atoms with Crippen molar-refractivity contribution in [2.24, 2.45) is 0 Å². The maximum atomic E-state index is 11.3. The first-order valence-electron chi connectivity index (χ1n) is 4.12. The van der Waals surface area contributed by atoms with Gasteiger partial charge in [-0.15, -0.1) is 0 Å². The highest BCUT2D eigenvalue weighted by atomic mass is 79.9. The first-order chi connectivity index (χ1) is 6.70. The lowest BCUT2D eigenvalue weighted by molar-refractivity contribution is 0.0938. The van der Waals surface area contributed by atoms with Gasteiger partial charge in [-0.25, -0.2) is 0 Å². The zero-order valence-corrected chi connectivity index (χ0v) is 9.09. The fourth-order valence-corrected chi connectivity index (χ4v) is 1.58. The Bertz CT molecular complexity index is 490. The van der Waals surface area contributed by atoms with Crippen molar-refractivity contribution in [1.82, 2.24) is 5.32 Å². The van der Waals surface area contributed by atoms with Crippen molar-refractivity contribution in [2.45, 2.75) is 0 Å². The summed E-state index contributed by atoms with van der Waals surface area (Å²) < 4.78 is 6.29. The monoisotopic (exact) mass is 253 g/mol. The van der Waals surface area contributed by atoms with Crippen LogP contribution >= 0.6 is 15.9 Å². The van der Waals surface area contributed by atoms with Crippen LogP contribution in [0, 0.1) is 0 Å². The summed E-state index contributed by atoms with van der Waals surface area (Å²) in [5, 5.41) is 3.44. The van der Waals surface area contributed by atoms with Crippen LogP contribution in [0.3, 0.4) is 0 Å². The quantitative estimate of drug-likeness (QED) is 0.849. The van der Waals surface area contributed by atoms with Crippen molar-refractivity contribution in [1.29, 1.82) is 0 Å². The Morgan fingerprint density at radius 2 is 2.21 bits per heavy atom. The zero-order valence-electron chi connectivity index (χ0n) is 7.50. The van der Waals surface area contributed by atoms with E-state index in [-0.39, 0.29) is 5.91 Å². The second kappa shape index (κ2) is 3.46. The Labute approximate surface area is 89.2 Å². The number of carbonyl (C=O) groups is 1. The number of hydrogen-bond donors (Lipinski definition) is 1. The van der Waals surface area contributed by atoms with Crippen molar-refractivity contribution in [3.8, 4) is 0 Å². The van der Waals surface area contributed by atoms with Gasteiger partial charge in [0.25, 0.3) is 5.91 Å². The van der Waals surface area contributed by atoms with Gasteiger partial charge in [0.15, 0.2) is 5.76 Å². The van der Waals surface area contributed by atoms with Crippen molar-refractivity contribution < 1.29 is 9.21 Å². The third kappa shape index (κ3) is 1.53. The van der Waals surface area contributed by atoms with Crippen LogP contribution in [0.4, 0.5) is 0 Å². The first-order valence-corrected chi connectivity index (χ1v) is 4.91. The summed E-state index contributed by atoms with van der Waals surface area (Å²) in [6.45, 7) is 0. The number of carbonyl (C=O) groups excluding carboxylic acids is 1. The summed E-state index contributed by atoms with van der Waals surface area (Å²) in [4.78, 5) is 11.3. The van der Waals surface area contributed by atoms with Crippen LogP contribution in [0.5, 0.6) is 0 Å². The number of rotatable bonds is 1. The molecule has 0 saturated heterocycles. The summed E-state index contributed by atoms with van der Waals surface area (Å²) in [6.07, 6.45) is 0. The molecule has 0 radical (unpaired) electrons. The molecule has 0 unspecified atom stereocenters. The van der Waals surface area contributed by atoms with Crippen LogP contribution in [0.15, 0.2) is 33.2 Å². The summed E-state index contributed by atoms with van der Waals surface area (Å²) in [6, 6.07) is 7.36. The summed E-state index contributed by atoms with van der Waals surface area (Å²) in [5.41, 5.74) is 0.706. The lowest BCUT2D eigenvalue weighted by atomic mass is 10.2. The Morgan fingerprint density at radius 3 is 2.93 bits per heavy atom. The number of nitrogens with one attached hydrogen (secondary N) is 1. The number of fused-ring (bicyclic) bond motifs is 1. The zero-order chi connectivity index (χ0) is 10.1. The van der Waals surface area contributed by atoms with Gasteiger partial charge >= 0.3 is 0 Å². The van der Waals surface area contributed by atoms with Crippen molar-refractivity contribution in [2.75, 3.05) is 7.05 Å². The van der Waals surface area contributed by atoms with E-state index in [2.05, 4.69) is 21.2 Å². The molecule has 1 aromatic heterocycles. The Hall–Kier alpha value is -1.29. The van der Waals surface area contributed by atoms with Gasteiger partial charge in [-0.05, 0) is 24.3 Å². The maximum absolute atomic E-state index is 11.3. The molecule has 1 amide bonds. The van der Waals surface area contributed by atoms with Gasteiger partial charge < -0.3 is 9.73 Å². The molecule has 0 atom stereocenters. The molecule has 2 rings (SSSR count). The van der Waals surface area contributed by atoms with E-state index >= 15 is 0 Å². The molecule has 0 spiro atoms. The van der Waals surface area contributed by atoms with Crippen LogP contribution in [0.25, 0.3) is 11.0 Å². The lowest BCUT2D eigenvalue weighted by Crippen LogP contribution is -2.16. The molecule has 0 aliphatic carbocycles. The van der Waals surface area contributed by atoms with Gasteiger partial charge in [0, 0.05) is 16.9 Å². The molecule has 72 valence electrons. The van der Waals surface area contributed by atoms with E-state index in [4.69, 9.17) is 4.42 Å². The van der Waals surface area contributed by atoms with E-state index in [0.717, 1.165) is 9.86 Å². The van der Waals surface area contributed by atoms with Gasteiger partial charge in [0.1, 0.15) is 5.58 Å². The standard InChI is InChI=1S/C10H8BrNO2/c1-12-10(13)9-4-6-2-3-7(11)5-8(6)14-9/h2-5H,1H3,(H,12,13). The smallest absolute Gasteiger partial charge is 0.286 e. The third-order valence-corrected chi connectivity index (χ3v) is 2.43. The number of halogens is 1. The molecule has 1 aromatic carbocycles. The van der Waals surface area contributed by atoms with Gasteiger partial charge in [-0.1, -0.05) is 15.9 Å². The molecule has 0 aliphatic rings. The largest absolute Gasteiger partial charge is 0.451 e. The van der Waals surface area contributed by atoms with Crippen molar-refractivity contribution in [3.05, 3.63) is 34.5 Å². The number of furan rings is 1. The van der Waals surface area contributed by atoms with Gasteiger partial charge in [0.05, 0.1) is 0 Å². The molecule has 1 N–H and O–H groups in total. The Kier molecular flexibility index (Phi) is 2.29. The number of amides is 1. The molecular formula is C10H8BrNO2. The van der Waals surface area contributed by atoms with E-state index in [9.17, 15) is 4.79 Å². The molecule has 1 heterocycles. The molecule has 0 saturated carbocycles. The van der Waals surface area contributed by atoms with E-state index in [1.54, 1.807) is 13.1 Å². The van der Waals surface area contributed by atoms with E-state index < -0.39 is 0 Å². The SMILES string of the molecule is CNC(=O)c1cc2ccc(Br)cc2o1. The second-order valence-corrected chi connectivity index (χ2v) is 3.79. The highest BCUT2D eigenvalue weighted by molar-refractivity contribution is 9.10. The Morgan fingerprint density at radius 1 is 1.43 bits per heavy atom. The molecule has 0 aliphatic heterocycles. The highest BCUT2D eigenvalue weighted by Crippen LogP contribution is 2.23. The van der Waals surface area contributed by atoms with Crippen LogP contribution in [-0.2, 0) is 0 Å². The van der Waals surface area contributed by atoms with Gasteiger partial charge in [0.2, 0.25) is 0 Å². The molecule has 0 bridgehead atoms. The molecule has 4 heteroatoms. The minimum absolute atomic E-state index is 0.211. The molecule has 0 fully saturated rings. The van der Waals surface area contributed by atoms with Gasteiger partial charge in [-0.2, -0.15) is 0 Å². The third-order valence-electron chi connectivity index (χ3n) is 1.93. The van der Waals surface area contributed by atoms with Crippen molar-refractivity contribution in [3.63, 3.8) is 0 Å². The fraction of sp³-hybridized carbons (Fsp3) is 0.100.